The summed E-state index contributed by atoms with van der Waals surface area (Å²) < 4.78 is 24.1. The van der Waals surface area contributed by atoms with Crippen molar-refractivity contribution in [3.8, 4) is 0 Å². The molecular weight excluding hydrogens is 372 g/mol. The Labute approximate surface area is 169 Å². The average molecular weight is 405 g/mol. The van der Waals surface area contributed by atoms with Gasteiger partial charge >= 0.3 is 0 Å². The minimum Gasteiger partial charge on any atom is -0.335 e. The molecular formula is C22H32N2O3S. The molecule has 0 radical (unpaired) electrons. The Morgan fingerprint density at radius 1 is 1.00 bits per heavy atom. The molecule has 1 aromatic rings. The second-order valence-electron chi connectivity index (χ2n) is 8.75. The molecule has 5 nitrogen and oxygen atoms in total. The van der Waals surface area contributed by atoms with Gasteiger partial charge in [-0.3, -0.25) is 9.69 Å². The van der Waals surface area contributed by atoms with Gasteiger partial charge in [-0.2, -0.15) is 0 Å². The van der Waals surface area contributed by atoms with Crippen molar-refractivity contribution in [2.45, 2.75) is 69.5 Å². The molecule has 1 saturated carbocycles. The van der Waals surface area contributed by atoms with E-state index in [0.29, 0.717) is 19.0 Å². The van der Waals surface area contributed by atoms with Crippen LogP contribution in [0.15, 0.2) is 30.3 Å². The van der Waals surface area contributed by atoms with Crippen LogP contribution in [0.3, 0.4) is 0 Å². The van der Waals surface area contributed by atoms with E-state index in [2.05, 4.69) is 29.2 Å². The number of amides is 1. The topological polar surface area (TPSA) is 57.7 Å². The SMILES string of the molecule is O=C(CN1CCC[C@H]1Cc1ccccc1)N(C1CCCC1)[C@@H]1CCS(=O)(=O)C1. The molecule has 0 unspecified atom stereocenters. The fraction of sp³-hybridized carbons (Fsp3) is 0.682. The van der Waals surface area contributed by atoms with Crippen molar-refractivity contribution in [3.05, 3.63) is 35.9 Å². The summed E-state index contributed by atoms with van der Waals surface area (Å²) >= 11 is 0. The van der Waals surface area contributed by atoms with Gasteiger partial charge in [-0.1, -0.05) is 43.2 Å². The zero-order valence-electron chi connectivity index (χ0n) is 16.6. The predicted molar refractivity (Wildman–Crippen MR) is 111 cm³/mol. The molecule has 0 N–H and O–H groups in total. The highest BCUT2D eigenvalue weighted by atomic mass is 32.2. The molecule has 154 valence electrons. The molecule has 0 spiro atoms. The van der Waals surface area contributed by atoms with Gasteiger partial charge in [0.25, 0.3) is 0 Å². The highest BCUT2D eigenvalue weighted by molar-refractivity contribution is 7.91. The van der Waals surface area contributed by atoms with Gasteiger partial charge in [0.1, 0.15) is 0 Å². The Balaban J connectivity index is 1.44. The van der Waals surface area contributed by atoms with Gasteiger partial charge in [0.05, 0.1) is 18.1 Å². The summed E-state index contributed by atoms with van der Waals surface area (Å²) in [7, 11) is -2.99. The second-order valence-corrected chi connectivity index (χ2v) is 11.0. The number of rotatable bonds is 6. The molecule has 3 fully saturated rings. The number of carbonyl (C=O) groups excluding carboxylic acids is 1. The van der Waals surface area contributed by atoms with Crippen molar-refractivity contribution < 1.29 is 13.2 Å². The van der Waals surface area contributed by atoms with Crippen LogP contribution in [0.1, 0.15) is 50.5 Å². The second kappa shape index (κ2) is 8.54. The van der Waals surface area contributed by atoms with Gasteiger partial charge in [0, 0.05) is 18.1 Å². The first-order valence-corrected chi connectivity index (χ1v) is 12.6. The predicted octanol–water partition coefficient (Wildman–Crippen LogP) is 2.65. The van der Waals surface area contributed by atoms with E-state index >= 15 is 0 Å². The van der Waals surface area contributed by atoms with Crippen molar-refractivity contribution >= 4 is 15.7 Å². The summed E-state index contributed by atoms with van der Waals surface area (Å²) in [5.41, 5.74) is 1.32. The Bertz CT molecular complexity index is 774. The van der Waals surface area contributed by atoms with Crippen LogP contribution in [0.25, 0.3) is 0 Å². The molecule has 0 aromatic heterocycles. The van der Waals surface area contributed by atoms with Gasteiger partial charge < -0.3 is 4.90 Å². The smallest absolute Gasteiger partial charge is 0.237 e. The van der Waals surface area contributed by atoms with Crippen LogP contribution in [0, 0.1) is 0 Å². The number of sulfone groups is 1. The Morgan fingerprint density at radius 2 is 1.75 bits per heavy atom. The summed E-state index contributed by atoms with van der Waals surface area (Å²) in [4.78, 5) is 17.7. The van der Waals surface area contributed by atoms with Crippen molar-refractivity contribution in [2.75, 3.05) is 24.6 Å². The van der Waals surface area contributed by atoms with Gasteiger partial charge in [0.15, 0.2) is 9.84 Å². The molecule has 2 atom stereocenters. The third kappa shape index (κ3) is 4.60. The maximum Gasteiger partial charge on any atom is 0.237 e. The van der Waals surface area contributed by atoms with E-state index in [1.807, 2.05) is 11.0 Å². The summed E-state index contributed by atoms with van der Waals surface area (Å²) in [6.07, 6.45) is 8.19. The van der Waals surface area contributed by atoms with E-state index in [9.17, 15) is 13.2 Å². The van der Waals surface area contributed by atoms with E-state index in [1.165, 1.54) is 5.56 Å². The quantitative estimate of drug-likeness (QED) is 0.731. The third-order valence-corrected chi connectivity index (χ3v) is 8.51. The number of hydrogen-bond donors (Lipinski definition) is 0. The van der Waals surface area contributed by atoms with Crippen LogP contribution in [0.5, 0.6) is 0 Å². The van der Waals surface area contributed by atoms with Gasteiger partial charge in [-0.25, -0.2) is 8.42 Å². The average Bonchev–Trinajstić information content (AvgIpc) is 3.40. The largest absolute Gasteiger partial charge is 0.335 e. The first-order chi connectivity index (χ1) is 13.5. The van der Waals surface area contributed by atoms with E-state index in [0.717, 1.165) is 51.5 Å². The lowest BCUT2D eigenvalue weighted by Gasteiger charge is -2.36. The van der Waals surface area contributed by atoms with Gasteiger partial charge in [-0.05, 0) is 50.6 Å². The molecule has 6 heteroatoms. The number of benzene rings is 1. The number of hydrogen-bond acceptors (Lipinski definition) is 4. The molecule has 4 rings (SSSR count). The van der Waals surface area contributed by atoms with E-state index in [4.69, 9.17) is 0 Å². The standard InChI is InChI=1S/C22H32N2O3S/c25-22(16-23-13-6-11-20(23)15-18-7-2-1-3-8-18)24(19-9-4-5-10-19)21-12-14-28(26,27)17-21/h1-3,7-8,19-21H,4-6,9-17H2/t20-,21+/m0/s1. The summed E-state index contributed by atoms with van der Waals surface area (Å²) in [6, 6.07) is 11.0. The van der Waals surface area contributed by atoms with Crippen molar-refractivity contribution in [2.24, 2.45) is 0 Å². The van der Waals surface area contributed by atoms with E-state index in [-0.39, 0.29) is 29.5 Å². The zero-order chi connectivity index (χ0) is 19.6. The van der Waals surface area contributed by atoms with Crippen molar-refractivity contribution in [1.29, 1.82) is 0 Å². The van der Waals surface area contributed by atoms with Crippen LogP contribution in [0.4, 0.5) is 0 Å². The third-order valence-electron chi connectivity index (χ3n) is 6.76. The number of likely N-dealkylation sites (tertiary alicyclic amines) is 1. The van der Waals surface area contributed by atoms with Crippen LogP contribution >= 0.6 is 0 Å². The molecule has 1 aliphatic carbocycles. The first kappa shape index (κ1) is 19.9. The zero-order valence-corrected chi connectivity index (χ0v) is 17.4. The highest BCUT2D eigenvalue weighted by Gasteiger charge is 2.40. The number of carbonyl (C=O) groups is 1. The fourth-order valence-electron chi connectivity index (χ4n) is 5.36. The molecule has 0 bridgehead atoms. The lowest BCUT2D eigenvalue weighted by Crippen LogP contribution is -2.51. The maximum atomic E-state index is 13.4. The normalized spacial score (nSPS) is 28.0. The molecule has 2 heterocycles. The van der Waals surface area contributed by atoms with Crippen molar-refractivity contribution in [1.82, 2.24) is 9.80 Å². The first-order valence-electron chi connectivity index (χ1n) is 10.8. The Morgan fingerprint density at radius 3 is 2.43 bits per heavy atom. The molecule has 1 amide bonds. The lowest BCUT2D eigenvalue weighted by atomic mass is 10.0. The molecule has 1 aromatic carbocycles. The van der Waals surface area contributed by atoms with Gasteiger partial charge in [0.2, 0.25) is 5.91 Å². The maximum absolute atomic E-state index is 13.4. The van der Waals surface area contributed by atoms with Gasteiger partial charge in [-0.15, -0.1) is 0 Å². The van der Waals surface area contributed by atoms with E-state index in [1.54, 1.807) is 0 Å². The lowest BCUT2D eigenvalue weighted by molar-refractivity contribution is -0.137. The summed E-state index contributed by atoms with van der Waals surface area (Å²) in [6.45, 7) is 1.40. The number of nitrogens with zero attached hydrogens (tertiary/aromatic N) is 2. The molecule has 3 aliphatic rings. The minimum absolute atomic E-state index is 0.115. The summed E-state index contributed by atoms with van der Waals surface area (Å²) in [5, 5.41) is 0. The van der Waals surface area contributed by atoms with Crippen LogP contribution in [-0.2, 0) is 21.1 Å². The van der Waals surface area contributed by atoms with Crippen LogP contribution in [0.2, 0.25) is 0 Å². The Hall–Kier alpha value is -1.40. The van der Waals surface area contributed by atoms with Crippen LogP contribution < -0.4 is 0 Å². The fourth-order valence-corrected chi connectivity index (χ4v) is 7.07. The highest BCUT2D eigenvalue weighted by Crippen LogP contribution is 2.30. The van der Waals surface area contributed by atoms with Crippen LogP contribution in [-0.4, -0.2) is 66.8 Å². The van der Waals surface area contributed by atoms with E-state index < -0.39 is 9.84 Å². The minimum atomic E-state index is -2.99. The molecule has 28 heavy (non-hydrogen) atoms. The monoisotopic (exact) mass is 404 g/mol. The molecule has 2 aliphatic heterocycles. The Kier molecular flexibility index (Phi) is 6.07. The molecule has 2 saturated heterocycles. The van der Waals surface area contributed by atoms with Crippen molar-refractivity contribution in [3.63, 3.8) is 0 Å². The summed E-state index contributed by atoms with van der Waals surface area (Å²) in [5.74, 6) is 0.533.